The largest absolute Gasteiger partial charge is 0.458 e. The van der Waals surface area contributed by atoms with Gasteiger partial charge in [-0.3, -0.25) is 9.35 Å². The number of hydrogen-bond acceptors (Lipinski definition) is 5. The monoisotopic (exact) mass is 303 g/mol. The molecule has 0 unspecified atom stereocenters. The average molecular weight is 303 g/mol. The Bertz CT molecular complexity index is 381. The number of alkyl halides is 2. The summed E-state index contributed by atoms with van der Waals surface area (Å²) >= 11 is 0. The van der Waals surface area contributed by atoms with Crippen molar-refractivity contribution in [2.24, 2.45) is 0 Å². The molecule has 0 aliphatic rings. The van der Waals surface area contributed by atoms with Crippen LogP contribution in [0.4, 0.5) is 8.78 Å². The van der Waals surface area contributed by atoms with Crippen LogP contribution in [-0.4, -0.2) is 55.3 Å². The third-order valence-corrected chi connectivity index (χ3v) is 3.40. The summed E-state index contributed by atoms with van der Waals surface area (Å²) in [5, 5.41) is -4.47. The van der Waals surface area contributed by atoms with Crippen LogP contribution in [0, 0.1) is 0 Å². The van der Waals surface area contributed by atoms with Crippen LogP contribution in [-0.2, 0) is 19.6 Å². The third kappa shape index (κ3) is 6.79. The third-order valence-electron chi connectivity index (χ3n) is 2.53. The van der Waals surface area contributed by atoms with Crippen LogP contribution in [0.5, 0.6) is 0 Å². The number of halogens is 2. The Morgan fingerprint density at radius 1 is 1.32 bits per heavy atom. The van der Waals surface area contributed by atoms with Crippen LogP contribution in [0.1, 0.15) is 26.7 Å². The molecular weight excluding hydrogens is 284 g/mol. The molecule has 0 aromatic carbocycles. The van der Waals surface area contributed by atoms with Gasteiger partial charge in [-0.05, 0) is 26.1 Å². The van der Waals surface area contributed by atoms with Crippen molar-refractivity contribution in [3.05, 3.63) is 0 Å². The molecule has 9 heteroatoms. The van der Waals surface area contributed by atoms with Gasteiger partial charge in [0.1, 0.15) is 0 Å². The van der Waals surface area contributed by atoms with Crippen molar-refractivity contribution in [1.82, 2.24) is 4.90 Å². The standard InChI is InChI=1S/C10H19F2NO5S/c1-3-13(4-2)7-5-6-9(14)18-8-10(11,12)19(15,16)17/h3-8H2,1-2H3,(H,15,16,17). The lowest BCUT2D eigenvalue weighted by Crippen LogP contribution is -2.34. The topological polar surface area (TPSA) is 83.9 Å². The summed E-state index contributed by atoms with van der Waals surface area (Å²) in [5.41, 5.74) is 0. The fourth-order valence-corrected chi connectivity index (χ4v) is 1.51. The van der Waals surface area contributed by atoms with Crippen molar-refractivity contribution < 1.29 is 31.3 Å². The van der Waals surface area contributed by atoms with Gasteiger partial charge in [-0.15, -0.1) is 0 Å². The molecule has 19 heavy (non-hydrogen) atoms. The number of carbonyl (C=O) groups is 1. The summed E-state index contributed by atoms with van der Waals surface area (Å²) in [6, 6.07) is 0. The van der Waals surface area contributed by atoms with Gasteiger partial charge in [-0.1, -0.05) is 13.8 Å². The Morgan fingerprint density at radius 2 is 1.84 bits per heavy atom. The van der Waals surface area contributed by atoms with Crippen LogP contribution in [0.25, 0.3) is 0 Å². The van der Waals surface area contributed by atoms with E-state index in [0.29, 0.717) is 13.0 Å². The molecule has 0 rings (SSSR count). The molecule has 0 amide bonds. The van der Waals surface area contributed by atoms with E-state index in [4.69, 9.17) is 4.55 Å². The second kappa shape index (κ2) is 7.71. The highest BCUT2D eigenvalue weighted by Gasteiger charge is 2.45. The van der Waals surface area contributed by atoms with Gasteiger partial charge >= 0.3 is 21.3 Å². The molecule has 114 valence electrons. The Kier molecular flexibility index (Phi) is 7.38. The first-order valence-electron chi connectivity index (χ1n) is 5.86. The van der Waals surface area contributed by atoms with Gasteiger partial charge in [-0.25, -0.2) is 0 Å². The quantitative estimate of drug-likeness (QED) is 0.508. The normalized spacial score (nSPS) is 12.7. The number of nitrogens with zero attached hydrogens (tertiary/aromatic N) is 1. The van der Waals surface area contributed by atoms with Crippen LogP contribution in [0.2, 0.25) is 0 Å². The zero-order chi connectivity index (χ0) is 15.1. The Balaban J connectivity index is 4.01. The molecule has 0 aromatic heterocycles. The van der Waals surface area contributed by atoms with E-state index >= 15 is 0 Å². The fourth-order valence-electron chi connectivity index (χ4n) is 1.30. The van der Waals surface area contributed by atoms with E-state index < -0.39 is 27.9 Å². The second-order valence-corrected chi connectivity index (χ2v) is 5.45. The summed E-state index contributed by atoms with van der Waals surface area (Å²) < 4.78 is 58.3. The van der Waals surface area contributed by atoms with Crippen molar-refractivity contribution in [2.75, 3.05) is 26.2 Å². The lowest BCUT2D eigenvalue weighted by molar-refractivity contribution is -0.149. The van der Waals surface area contributed by atoms with Gasteiger partial charge in [0, 0.05) is 6.42 Å². The van der Waals surface area contributed by atoms with Crippen molar-refractivity contribution in [3.63, 3.8) is 0 Å². The molecular formula is C10H19F2NO5S. The predicted octanol–water partition coefficient (Wildman–Crippen LogP) is 1.13. The van der Waals surface area contributed by atoms with Crippen LogP contribution in [0.15, 0.2) is 0 Å². The van der Waals surface area contributed by atoms with E-state index in [9.17, 15) is 22.0 Å². The first-order chi connectivity index (χ1) is 8.64. The Labute approximate surface area is 111 Å². The molecule has 0 saturated heterocycles. The highest BCUT2D eigenvalue weighted by Crippen LogP contribution is 2.20. The maximum absolute atomic E-state index is 12.7. The molecule has 0 spiro atoms. The van der Waals surface area contributed by atoms with Gasteiger partial charge in [0.2, 0.25) is 0 Å². The number of ether oxygens (including phenoxy) is 1. The van der Waals surface area contributed by atoms with Gasteiger partial charge in [-0.2, -0.15) is 17.2 Å². The van der Waals surface area contributed by atoms with Crippen molar-refractivity contribution >= 4 is 16.1 Å². The van der Waals surface area contributed by atoms with Gasteiger partial charge in [0.05, 0.1) is 0 Å². The average Bonchev–Trinajstić information content (AvgIpc) is 2.31. The van der Waals surface area contributed by atoms with E-state index in [1.165, 1.54) is 0 Å². The summed E-state index contributed by atoms with van der Waals surface area (Å²) in [6.45, 7) is 4.48. The Hall–Kier alpha value is -0.800. The van der Waals surface area contributed by atoms with Crippen molar-refractivity contribution in [2.45, 2.75) is 31.9 Å². The minimum atomic E-state index is -5.56. The lowest BCUT2D eigenvalue weighted by Gasteiger charge is -2.17. The van der Waals surface area contributed by atoms with Crippen molar-refractivity contribution in [3.8, 4) is 0 Å². The molecule has 0 saturated carbocycles. The number of esters is 1. The SMILES string of the molecule is CCN(CC)CCCC(=O)OCC(F)(F)S(=O)(=O)O. The molecule has 0 aliphatic heterocycles. The van der Waals surface area contributed by atoms with Crippen molar-refractivity contribution in [1.29, 1.82) is 0 Å². The predicted molar refractivity (Wildman–Crippen MR) is 64.5 cm³/mol. The molecule has 0 atom stereocenters. The summed E-state index contributed by atoms with van der Waals surface area (Å²) in [5.74, 6) is -0.921. The molecule has 0 radical (unpaired) electrons. The maximum Gasteiger partial charge on any atom is 0.402 e. The smallest absolute Gasteiger partial charge is 0.402 e. The molecule has 0 aromatic rings. The molecule has 0 bridgehead atoms. The molecule has 0 heterocycles. The number of hydrogen-bond donors (Lipinski definition) is 1. The van der Waals surface area contributed by atoms with E-state index in [0.717, 1.165) is 13.1 Å². The van der Waals surface area contributed by atoms with Gasteiger partial charge in [0.15, 0.2) is 6.61 Å². The first kappa shape index (κ1) is 18.2. The molecule has 1 N–H and O–H groups in total. The van der Waals surface area contributed by atoms with Crippen LogP contribution >= 0.6 is 0 Å². The molecule has 6 nitrogen and oxygen atoms in total. The maximum atomic E-state index is 12.7. The highest BCUT2D eigenvalue weighted by atomic mass is 32.2. The summed E-state index contributed by atoms with van der Waals surface area (Å²) in [6.07, 6.45) is 0.343. The van der Waals surface area contributed by atoms with Crippen LogP contribution < -0.4 is 0 Å². The number of carbonyl (C=O) groups excluding carboxylic acids is 1. The Morgan fingerprint density at radius 3 is 2.26 bits per heavy atom. The molecule has 0 fully saturated rings. The minimum Gasteiger partial charge on any atom is -0.458 e. The zero-order valence-electron chi connectivity index (χ0n) is 10.9. The van der Waals surface area contributed by atoms with E-state index in [2.05, 4.69) is 4.74 Å². The van der Waals surface area contributed by atoms with Crippen LogP contribution in [0.3, 0.4) is 0 Å². The van der Waals surface area contributed by atoms with E-state index in [1.807, 2.05) is 18.7 Å². The van der Waals surface area contributed by atoms with Gasteiger partial charge < -0.3 is 9.64 Å². The van der Waals surface area contributed by atoms with E-state index in [-0.39, 0.29) is 6.42 Å². The van der Waals surface area contributed by atoms with Gasteiger partial charge in [0.25, 0.3) is 0 Å². The van der Waals surface area contributed by atoms with E-state index in [1.54, 1.807) is 0 Å². The first-order valence-corrected chi connectivity index (χ1v) is 7.30. The fraction of sp³-hybridized carbons (Fsp3) is 0.900. The minimum absolute atomic E-state index is 0.0853. The summed E-state index contributed by atoms with van der Waals surface area (Å²) in [7, 11) is -5.56. The molecule has 0 aliphatic carbocycles. The second-order valence-electron chi connectivity index (χ2n) is 3.90. The lowest BCUT2D eigenvalue weighted by atomic mass is 10.3. The zero-order valence-corrected chi connectivity index (χ0v) is 11.8. The highest BCUT2D eigenvalue weighted by molar-refractivity contribution is 7.86. The summed E-state index contributed by atoms with van der Waals surface area (Å²) in [4.78, 5) is 13.2. The number of rotatable bonds is 9.